The Morgan fingerprint density at radius 2 is 1.86 bits per heavy atom. The second-order valence-electron chi connectivity index (χ2n) is 6.07. The molecule has 116 valence electrons. The summed E-state index contributed by atoms with van der Waals surface area (Å²) in [5.41, 5.74) is 0.0994. The Labute approximate surface area is 125 Å². The molecule has 1 fully saturated rings. The van der Waals surface area contributed by atoms with Gasteiger partial charge in [0.2, 0.25) is 0 Å². The normalized spacial score (nSPS) is 19.8. The molecule has 2 rings (SSSR count). The molecule has 1 aliphatic rings. The van der Waals surface area contributed by atoms with Gasteiger partial charge in [0.15, 0.2) is 0 Å². The van der Waals surface area contributed by atoms with Crippen LogP contribution in [0.4, 0.5) is 0 Å². The molecule has 1 aliphatic heterocycles. The third-order valence-corrected chi connectivity index (χ3v) is 4.14. The van der Waals surface area contributed by atoms with E-state index in [1.54, 1.807) is 17.8 Å². The lowest BCUT2D eigenvalue weighted by Gasteiger charge is -2.32. The summed E-state index contributed by atoms with van der Waals surface area (Å²) in [5, 5.41) is 4.23. The van der Waals surface area contributed by atoms with E-state index in [9.17, 15) is 4.79 Å². The molecule has 0 aliphatic carbocycles. The molecular formula is C14H23BN2O4. The van der Waals surface area contributed by atoms with Gasteiger partial charge in [0.25, 0.3) is 0 Å². The van der Waals surface area contributed by atoms with Gasteiger partial charge in [-0.3, -0.25) is 4.68 Å². The fourth-order valence-corrected chi connectivity index (χ4v) is 2.20. The maximum atomic E-state index is 12.2. The maximum absolute atomic E-state index is 12.2. The molecule has 1 saturated heterocycles. The maximum Gasteiger partial charge on any atom is 0.498 e. The van der Waals surface area contributed by atoms with E-state index in [-0.39, 0.29) is 0 Å². The molecule has 7 heteroatoms. The minimum atomic E-state index is -0.616. The van der Waals surface area contributed by atoms with Gasteiger partial charge in [0, 0.05) is 18.2 Å². The number of rotatable bonds is 4. The molecule has 21 heavy (non-hydrogen) atoms. The van der Waals surface area contributed by atoms with Crippen LogP contribution in [-0.4, -0.2) is 40.7 Å². The monoisotopic (exact) mass is 294 g/mol. The molecule has 1 aromatic heterocycles. The third-order valence-electron chi connectivity index (χ3n) is 4.14. The van der Waals surface area contributed by atoms with Crippen molar-refractivity contribution >= 4 is 18.6 Å². The fourth-order valence-electron chi connectivity index (χ4n) is 2.20. The second-order valence-corrected chi connectivity index (χ2v) is 6.07. The summed E-state index contributed by atoms with van der Waals surface area (Å²) in [4.78, 5) is 12.2. The standard InChI is InChI=1S/C14H23BN2O4/c1-7-17-11(12(18)19-8-2)10(9-16-17)15-20-13(3,4)14(5,6)21-15/h9H,7-8H2,1-6H3. The zero-order valence-electron chi connectivity index (χ0n) is 13.6. The lowest BCUT2D eigenvalue weighted by molar-refractivity contribution is 0.00578. The number of aromatic nitrogens is 2. The van der Waals surface area contributed by atoms with Crippen LogP contribution >= 0.6 is 0 Å². The van der Waals surface area contributed by atoms with Crippen molar-refractivity contribution in [3.63, 3.8) is 0 Å². The van der Waals surface area contributed by atoms with Crippen LogP contribution in [0.1, 0.15) is 52.0 Å². The molecule has 0 unspecified atom stereocenters. The molecule has 0 bridgehead atoms. The average Bonchev–Trinajstić information content (AvgIpc) is 2.89. The van der Waals surface area contributed by atoms with Crippen molar-refractivity contribution in [3.8, 4) is 0 Å². The van der Waals surface area contributed by atoms with E-state index in [2.05, 4.69) is 5.10 Å². The van der Waals surface area contributed by atoms with Gasteiger partial charge in [-0.2, -0.15) is 5.10 Å². The van der Waals surface area contributed by atoms with Gasteiger partial charge >= 0.3 is 13.1 Å². The molecule has 0 radical (unpaired) electrons. The summed E-state index contributed by atoms with van der Waals surface area (Å²) in [6.45, 7) is 12.5. The molecule has 0 saturated carbocycles. The van der Waals surface area contributed by atoms with Crippen LogP contribution < -0.4 is 5.46 Å². The van der Waals surface area contributed by atoms with E-state index < -0.39 is 24.3 Å². The van der Waals surface area contributed by atoms with Crippen molar-refractivity contribution in [1.29, 1.82) is 0 Å². The van der Waals surface area contributed by atoms with Crippen LogP contribution in [0.15, 0.2) is 6.20 Å². The highest BCUT2D eigenvalue weighted by atomic mass is 16.7. The van der Waals surface area contributed by atoms with Crippen molar-refractivity contribution in [2.24, 2.45) is 0 Å². The van der Waals surface area contributed by atoms with E-state index in [1.807, 2.05) is 34.6 Å². The van der Waals surface area contributed by atoms with Crippen LogP contribution in [0.5, 0.6) is 0 Å². The topological polar surface area (TPSA) is 62.6 Å². The largest absolute Gasteiger partial charge is 0.498 e. The van der Waals surface area contributed by atoms with Crippen molar-refractivity contribution in [2.75, 3.05) is 6.61 Å². The Hall–Kier alpha value is -1.34. The smallest absolute Gasteiger partial charge is 0.461 e. The van der Waals surface area contributed by atoms with E-state index in [4.69, 9.17) is 14.0 Å². The molecule has 6 nitrogen and oxygen atoms in total. The molecule has 2 heterocycles. The zero-order valence-corrected chi connectivity index (χ0v) is 13.6. The highest BCUT2D eigenvalue weighted by Gasteiger charge is 2.53. The Morgan fingerprint density at radius 1 is 1.29 bits per heavy atom. The number of aryl methyl sites for hydroxylation is 1. The van der Waals surface area contributed by atoms with E-state index >= 15 is 0 Å². The van der Waals surface area contributed by atoms with Gasteiger partial charge < -0.3 is 14.0 Å². The van der Waals surface area contributed by atoms with Crippen LogP contribution in [0.2, 0.25) is 0 Å². The molecule has 1 aromatic rings. The minimum absolute atomic E-state index is 0.316. The SMILES string of the molecule is CCOC(=O)c1c(B2OC(C)(C)C(C)(C)O2)cnn1CC. The number of carbonyl (C=O) groups is 1. The number of ether oxygens (including phenoxy) is 1. The lowest BCUT2D eigenvalue weighted by Crippen LogP contribution is -2.41. The molecule has 0 aromatic carbocycles. The predicted octanol–water partition coefficient (Wildman–Crippen LogP) is 1.38. The summed E-state index contributed by atoms with van der Waals surface area (Å²) in [5.74, 6) is -0.401. The number of carbonyl (C=O) groups excluding carboxylic acids is 1. The van der Waals surface area contributed by atoms with E-state index in [0.29, 0.717) is 24.3 Å². The van der Waals surface area contributed by atoms with Crippen molar-refractivity contribution in [1.82, 2.24) is 9.78 Å². The van der Waals surface area contributed by atoms with E-state index in [0.717, 1.165) is 0 Å². The van der Waals surface area contributed by atoms with Crippen LogP contribution in [0.25, 0.3) is 0 Å². The Kier molecular flexibility index (Phi) is 4.17. The summed E-state index contributed by atoms with van der Waals surface area (Å²) >= 11 is 0. The highest BCUT2D eigenvalue weighted by molar-refractivity contribution is 6.63. The Bertz CT molecular complexity index is 523. The van der Waals surface area contributed by atoms with E-state index in [1.165, 1.54) is 0 Å². The summed E-state index contributed by atoms with van der Waals surface area (Å²) in [7, 11) is -0.616. The second kappa shape index (κ2) is 5.46. The molecule has 0 N–H and O–H groups in total. The van der Waals surface area contributed by atoms with Gasteiger partial charge in [0.05, 0.1) is 17.8 Å². The van der Waals surface area contributed by atoms with Crippen LogP contribution in [0, 0.1) is 0 Å². The fraction of sp³-hybridized carbons (Fsp3) is 0.714. The third kappa shape index (κ3) is 2.72. The van der Waals surface area contributed by atoms with Crippen molar-refractivity contribution < 1.29 is 18.8 Å². The first kappa shape index (κ1) is 16.0. The highest BCUT2D eigenvalue weighted by Crippen LogP contribution is 2.36. The van der Waals surface area contributed by atoms with Gasteiger partial charge in [-0.1, -0.05) is 0 Å². The molecule has 0 spiro atoms. The predicted molar refractivity (Wildman–Crippen MR) is 79.6 cm³/mol. The number of hydrogen-bond donors (Lipinski definition) is 0. The molecular weight excluding hydrogens is 271 g/mol. The number of hydrogen-bond acceptors (Lipinski definition) is 5. The van der Waals surface area contributed by atoms with Crippen molar-refractivity contribution in [2.45, 2.75) is 59.3 Å². The summed E-state index contributed by atoms with van der Waals surface area (Å²) in [6, 6.07) is 0. The molecule has 0 atom stereocenters. The van der Waals surface area contributed by atoms with Gasteiger partial charge in [0.1, 0.15) is 5.69 Å². The molecule has 0 amide bonds. The summed E-state index contributed by atoms with van der Waals surface area (Å²) in [6.07, 6.45) is 1.62. The first-order valence-electron chi connectivity index (χ1n) is 7.32. The Balaban J connectivity index is 2.38. The number of esters is 1. The first-order valence-corrected chi connectivity index (χ1v) is 7.32. The van der Waals surface area contributed by atoms with Gasteiger partial charge in [-0.05, 0) is 41.5 Å². The quantitative estimate of drug-likeness (QED) is 0.620. The zero-order chi connectivity index (χ0) is 15.8. The van der Waals surface area contributed by atoms with Crippen LogP contribution in [-0.2, 0) is 20.6 Å². The van der Waals surface area contributed by atoms with Gasteiger partial charge in [-0.25, -0.2) is 4.79 Å². The minimum Gasteiger partial charge on any atom is -0.461 e. The van der Waals surface area contributed by atoms with Gasteiger partial charge in [-0.15, -0.1) is 0 Å². The lowest BCUT2D eigenvalue weighted by atomic mass is 9.79. The van der Waals surface area contributed by atoms with Crippen LogP contribution in [0.3, 0.4) is 0 Å². The van der Waals surface area contributed by atoms with Crippen molar-refractivity contribution in [3.05, 3.63) is 11.9 Å². The first-order chi connectivity index (χ1) is 9.73. The average molecular weight is 294 g/mol. The Morgan fingerprint density at radius 3 is 2.33 bits per heavy atom. The summed E-state index contributed by atoms with van der Waals surface area (Å²) < 4.78 is 18.7. The number of nitrogens with zero attached hydrogens (tertiary/aromatic N) is 2.